The van der Waals surface area contributed by atoms with Crippen molar-refractivity contribution in [2.24, 2.45) is 0 Å². The molecular formula is C14H18N2OS. The molecule has 0 spiro atoms. The Morgan fingerprint density at radius 3 is 2.78 bits per heavy atom. The number of rotatable bonds is 5. The van der Waals surface area contributed by atoms with Crippen LogP contribution in [0.25, 0.3) is 0 Å². The van der Waals surface area contributed by atoms with Crippen LogP contribution in [0.3, 0.4) is 0 Å². The Morgan fingerprint density at radius 1 is 1.39 bits per heavy atom. The Balaban J connectivity index is 1.94. The van der Waals surface area contributed by atoms with Crippen LogP contribution < -0.4 is 4.90 Å². The quantitative estimate of drug-likeness (QED) is 0.900. The normalized spacial score (nSPS) is 12.4. The summed E-state index contributed by atoms with van der Waals surface area (Å²) in [5.41, 5.74) is 1.79. The molecule has 0 aromatic carbocycles. The van der Waals surface area contributed by atoms with Gasteiger partial charge < -0.3 is 10.0 Å². The largest absolute Gasteiger partial charge is 0.387 e. The van der Waals surface area contributed by atoms with E-state index in [1.807, 2.05) is 18.3 Å². The zero-order chi connectivity index (χ0) is 13.0. The summed E-state index contributed by atoms with van der Waals surface area (Å²) in [5.74, 6) is 0. The summed E-state index contributed by atoms with van der Waals surface area (Å²) in [4.78, 5) is 7.83. The van der Waals surface area contributed by atoms with Gasteiger partial charge in [-0.15, -0.1) is 11.3 Å². The summed E-state index contributed by atoms with van der Waals surface area (Å²) in [5, 5.41) is 11.5. The van der Waals surface area contributed by atoms with E-state index in [1.165, 1.54) is 4.88 Å². The van der Waals surface area contributed by atoms with Gasteiger partial charge in [0.2, 0.25) is 0 Å². The van der Waals surface area contributed by atoms with Crippen molar-refractivity contribution in [3.8, 4) is 0 Å². The van der Waals surface area contributed by atoms with E-state index in [9.17, 15) is 5.11 Å². The molecule has 0 saturated heterocycles. The Morgan fingerprint density at radius 2 is 2.22 bits per heavy atom. The monoisotopic (exact) mass is 262 g/mol. The minimum Gasteiger partial charge on any atom is -0.387 e. The molecule has 1 N–H and O–H groups in total. The number of hydrogen-bond acceptors (Lipinski definition) is 4. The van der Waals surface area contributed by atoms with Gasteiger partial charge in [-0.1, -0.05) is 6.07 Å². The maximum atomic E-state index is 9.41. The van der Waals surface area contributed by atoms with Crippen LogP contribution in [-0.2, 0) is 6.42 Å². The van der Waals surface area contributed by atoms with Crippen LogP contribution in [0.4, 0.5) is 5.69 Å². The van der Waals surface area contributed by atoms with Gasteiger partial charge in [-0.2, -0.15) is 0 Å². The topological polar surface area (TPSA) is 36.4 Å². The molecule has 0 fully saturated rings. The zero-order valence-corrected chi connectivity index (χ0v) is 11.5. The van der Waals surface area contributed by atoms with Gasteiger partial charge in [0.05, 0.1) is 23.7 Å². The fourth-order valence-electron chi connectivity index (χ4n) is 1.73. The van der Waals surface area contributed by atoms with Crippen molar-refractivity contribution >= 4 is 17.0 Å². The van der Waals surface area contributed by atoms with Crippen LogP contribution in [0.5, 0.6) is 0 Å². The molecule has 0 aliphatic heterocycles. The maximum absolute atomic E-state index is 9.41. The molecule has 0 saturated carbocycles. The number of likely N-dealkylation sites (N-methyl/N-ethyl adjacent to an activating group) is 1. The third-order valence-corrected chi connectivity index (χ3v) is 3.85. The van der Waals surface area contributed by atoms with Crippen LogP contribution in [-0.4, -0.2) is 23.7 Å². The van der Waals surface area contributed by atoms with E-state index in [2.05, 4.69) is 34.4 Å². The number of thiophene rings is 1. The van der Waals surface area contributed by atoms with E-state index in [4.69, 9.17) is 0 Å². The molecule has 0 bridgehead atoms. The van der Waals surface area contributed by atoms with Crippen molar-refractivity contribution in [2.45, 2.75) is 19.4 Å². The fraction of sp³-hybridized carbons (Fsp3) is 0.357. The van der Waals surface area contributed by atoms with Crippen molar-refractivity contribution in [2.75, 3.05) is 18.5 Å². The molecule has 0 unspecified atom stereocenters. The molecule has 0 amide bonds. The molecule has 2 rings (SSSR count). The lowest BCUT2D eigenvalue weighted by molar-refractivity contribution is 0.194. The Bertz CT molecular complexity index is 465. The summed E-state index contributed by atoms with van der Waals surface area (Å²) in [6.07, 6.45) is 2.36. The molecule has 18 heavy (non-hydrogen) atoms. The van der Waals surface area contributed by atoms with Gasteiger partial charge in [0, 0.05) is 18.5 Å². The summed E-state index contributed by atoms with van der Waals surface area (Å²) in [7, 11) is 2.06. The fourth-order valence-corrected chi connectivity index (χ4v) is 2.43. The van der Waals surface area contributed by atoms with E-state index >= 15 is 0 Å². The summed E-state index contributed by atoms with van der Waals surface area (Å²) in [6, 6.07) is 8.12. The Hall–Kier alpha value is -1.39. The van der Waals surface area contributed by atoms with E-state index in [1.54, 1.807) is 18.3 Å². The van der Waals surface area contributed by atoms with Gasteiger partial charge >= 0.3 is 0 Å². The highest BCUT2D eigenvalue weighted by Gasteiger charge is 2.05. The summed E-state index contributed by atoms with van der Waals surface area (Å²) in [6.45, 7) is 2.69. The second-order valence-corrected chi connectivity index (χ2v) is 5.40. The molecule has 0 aliphatic carbocycles. The lowest BCUT2D eigenvalue weighted by Crippen LogP contribution is -2.20. The second kappa shape index (κ2) is 5.98. The van der Waals surface area contributed by atoms with E-state index in [0.29, 0.717) is 5.69 Å². The molecular weight excluding hydrogens is 244 g/mol. The summed E-state index contributed by atoms with van der Waals surface area (Å²) < 4.78 is 0. The van der Waals surface area contributed by atoms with Gasteiger partial charge in [-0.25, -0.2) is 0 Å². The third-order valence-electron chi connectivity index (χ3n) is 2.91. The number of hydrogen-bond donors (Lipinski definition) is 1. The highest BCUT2D eigenvalue weighted by molar-refractivity contribution is 7.09. The lowest BCUT2D eigenvalue weighted by atomic mass is 10.2. The average molecular weight is 262 g/mol. The predicted molar refractivity (Wildman–Crippen MR) is 76.2 cm³/mol. The van der Waals surface area contributed by atoms with Crippen LogP contribution in [0.15, 0.2) is 35.8 Å². The van der Waals surface area contributed by atoms with E-state index in [-0.39, 0.29) is 0 Å². The van der Waals surface area contributed by atoms with Crippen molar-refractivity contribution in [3.63, 3.8) is 0 Å². The van der Waals surface area contributed by atoms with Gasteiger partial charge in [0.1, 0.15) is 0 Å². The maximum Gasteiger partial charge on any atom is 0.0931 e. The zero-order valence-electron chi connectivity index (χ0n) is 10.7. The minimum absolute atomic E-state index is 0.504. The Kier molecular flexibility index (Phi) is 4.33. The summed E-state index contributed by atoms with van der Waals surface area (Å²) >= 11 is 1.79. The molecule has 0 aliphatic rings. The third kappa shape index (κ3) is 3.31. The number of nitrogens with zero attached hydrogens (tertiary/aromatic N) is 2. The van der Waals surface area contributed by atoms with E-state index in [0.717, 1.165) is 18.7 Å². The second-order valence-electron chi connectivity index (χ2n) is 4.37. The van der Waals surface area contributed by atoms with Crippen LogP contribution in [0.1, 0.15) is 23.6 Å². The first-order valence-electron chi connectivity index (χ1n) is 6.04. The molecule has 2 aromatic rings. The molecule has 3 nitrogen and oxygen atoms in total. The SMILES string of the molecule is C[C@H](O)c1ccc(N(C)CCc2cccs2)cn1. The molecule has 2 aromatic heterocycles. The van der Waals surface area contributed by atoms with Gasteiger partial charge in [0.25, 0.3) is 0 Å². The first kappa shape index (κ1) is 13.1. The van der Waals surface area contributed by atoms with Crippen LogP contribution in [0, 0.1) is 0 Å². The van der Waals surface area contributed by atoms with Crippen LogP contribution in [0.2, 0.25) is 0 Å². The minimum atomic E-state index is -0.504. The molecule has 0 radical (unpaired) electrons. The number of aliphatic hydroxyl groups is 1. The van der Waals surface area contributed by atoms with Gasteiger partial charge in [0.15, 0.2) is 0 Å². The number of aliphatic hydroxyl groups excluding tert-OH is 1. The van der Waals surface area contributed by atoms with Gasteiger partial charge in [-0.05, 0) is 36.9 Å². The Labute approximate surface area is 112 Å². The number of pyridine rings is 1. The number of aromatic nitrogens is 1. The van der Waals surface area contributed by atoms with Gasteiger partial charge in [-0.3, -0.25) is 4.98 Å². The highest BCUT2D eigenvalue weighted by atomic mass is 32.1. The molecule has 4 heteroatoms. The van der Waals surface area contributed by atoms with E-state index < -0.39 is 6.10 Å². The number of anilines is 1. The van der Waals surface area contributed by atoms with Crippen molar-refractivity contribution in [3.05, 3.63) is 46.4 Å². The molecule has 1 atom stereocenters. The highest BCUT2D eigenvalue weighted by Crippen LogP contribution is 2.16. The standard InChI is InChI=1S/C14H18N2OS/c1-11(17)14-6-5-12(10-15-14)16(2)8-7-13-4-3-9-18-13/h3-6,9-11,17H,7-8H2,1-2H3/t11-/m0/s1. The van der Waals surface area contributed by atoms with Crippen molar-refractivity contribution in [1.82, 2.24) is 4.98 Å². The van der Waals surface area contributed by atoms with Crippen molar-refractivity contribution in [1.29, 1.82) is 0 Å². The van der Waals surface area contributed by atoms with Crippen LogP contribution >= 0.6 is 11.3 Å². The predicted octanol–water partition coefficient (Wildman–Crippen LogP) is 2.88. The molecule has 96 valence electrons. The molecule has 2 heterocycles. The smallest absolute Gasteiger partial charge is 0.0931 e. The average Bonchev–Trinajstić information content (AvgIpc) is 2.89. The first-order chi connectivity index (χ1) is 8.66. The van der Waals surface area contributed by atoms with Crippen molar-refractivity contribution < 1.29 is 5.11 Å². The first-order valence-corrected chi connectivity index (χ1v) is 6.92. The lowest BCUT2D eigenvalue weighted by Gasteiger charge is -2.19.